The van der Waals surface area contributed by atoms with Crippen LogP contribution in [0.4, 0.5) is 0 Å². The third-order valence-electron chi connectivity index (χ3n) is 1.16. The Morgan fingerprint density at radius 3 is 2.08 bits per heavy atom. The third kappa shape index (κ3) is 4.36. The Bertz CT molecular complexity index is 137. The monoisotopic (exact) mass is 212 g/mol. The highest BCUT2D eigenvalue weighted by Gasteiger charge is 2.24. The zero-order valence-electron chi connectivity index (χ0n) is 7.54. The fraction of sp³-hybridized carbons (Fsp3) is 0.857. The van der Waals surface area contributed by atoms with Crippen molar-refractivity contribution in [3.63, 3.8) is 0 Å². The van der Waals surface area contributed by atoms with Crippen LogP contribution in [0.15, 0.2) is 0 Å². The quantitative estimate of drug-likeness (QED) is 0.501. The highest BCUT2D eigenvalue weighted by molar-refractivity contribution is 7.49. The summed E-state index contributed by atoms with van der Waals surface area (Å²) in [4.78, 5) is 10.8. The molecule has 0 saturated heterocycles. The van der Waals surface area contributed by atoms with Gasteiger partial charge in [-0.2, -0.15) is 0 Å². The Kier molecular flexibility index (Phi) is 6.96. The maximum atomic E-state index is 10.8. The summed E-state index contributed by atoms with van der Waals surface area (Å²) in [6, 6.07) is 0. The van der Waals surface area contributed by atoms with E-state index in [-0.39, 0.29) is 5.66 Å². The van der Waals surface area contributed by atoms with E-state index in [0.29, 0.717) is 13.2 Å². The molecule has 0 aliphatic heterocycles. The van der Waals surface area contributed by atoms with E-state index < -0.39 is 13.6 Å². The van der Waals surface area contributed by atoms with Gasteiger partial charge in [0.2, 0.25) is 5.24 Å². The van der Waals surface area contributed by atoms with Crippen LogP contribution in [-0.2, 0) is 13.8 Å². The third-order valence-corrected chi connectivity index (χ3v) is 3.53. The number of carbonyl (C=O) groups is 1. The molecule has 0 bridgehead atoms. The smallest absolute Gasteiger partial charge is 0.233 e. The summed E-state index contributed by atoms with van der Waals surface area (Å²) in [6.45, 7) is 6.52. The van der Waals surface area contributed by atoms with Crippen LogP contribution in [0.2, 0.25) is 0 Å². The van der Waals surface area contributed by atoms with Crippen molar-refractivity contribution >= 4 is 25.2 Å². The second-order valence-corrected chi connectivity index (χ2v) is 4.34. The molecule has 0 saturated carbocycles. The van der Waals surface area contributed by atoms with Gasteiger partial charge in [0.25, 0.3) is 0 Å². The van der Waals surface area contributed by atoms with Crippen LogP contribution in [-0.4, -0.2) is 24.1 Å². The average molecular weight is 213 g/mol. The minimum atomic E-state index is -1.14. The molecule has 0 radical (unpaired) electrons. The first kappa shape index (κ1) is 12.3. The lowest BCUT2D eigenvalue weighted by molar-refractivity contribution is -0.111. The standard InChI is InChI=1S/C7H14ClO3P/c1-4-10-12(11-5-2)6(3)7(8)9/h6H,4-5H2,1-3H3. The molecule has 12 heavy (non-hydrogen) atoms. The Morgan fingerprint density at radius 1 is 1.42 bits per heavy atom. The summed E-state index contributed by atoms with van der Waals surface area (Å²) in [6.07, 6.45) is 0. The van der Waals surface area contributed by atoms with E-state index in [4.69, 9.17) is 20.6 Å². The Morgan fingerprint density at radius 2 is 1.83 bits per heavy atom. The van der Waals surface area contributed by atoms with Gasteiger partial charge in [-0.25, -0.2) is 0 Å². The van der Waals surface area contributed by atoms with Crippen LogP contribution >= 0.6 is 20.0 Å². The Hall–Kier alpha value is 0.310. The van der Waals surface area contributed by atoms with Crippen LogP contribution in [0, 0.1) is 0 Å². The van der Waals surface area contributed by atoms with Crippen LogP contribution in [0.3, 0.4) is 0 Å². The summed E-state index contributed by atoms with van der Waals surface area (Å²) >= 11 is 5.31. The van der Waals surface area contributed by atoms with Crippen molar-refractivity contribution in [3.8, 4) is 0 Å². The molecule has 0 spiro atoms. The largest absolute Gasteiger partial charge is 0.334 e. The van der Waals surface area contributed by atoms with Crippen molar-refractivity contribution in [1.29, 1.82) is 0 Å². The predicted octanol–water partition coefficient (Wildman–Crippen LogP) is 2.53. The molecule has 3 nitrogen and oxygen atoms in total. The minimum Gasteiger partial charge on any atom is -0.334 e. The zero-order chi connectivity index (χ0) is 9.56. The van der Waals surface area contributed by atoms with E-state index >= 15 is 0 Å². The molecule has 5 heteroatoms. The van der Waals surface area contributed by atoms with Crippen molar-refractivity contribution in [2.45, 2.75) is 26.4 Å². The van der Waals surface area contributed by atoms with Gasteiger partial charge in [-0.15, -0.1) is 0 Å². The van der Waals surface area contributed by atoms with Gasteiger partial charge < -0.3 is 9.05 Å². The molecule has 1 atom stereocenters. The molecule has 0 N–H and O–H groups in total. The van der Waals surface area contributed by atoms with Gasteiger partial charge >= 0.3 is 0 Å². The number of halogens is 1. The zero-order valence-corrected chi connectivity index (χ0v) is 9.19. The second kappa shape index (κ2) is 6.79. The van der Waals surface area contributed by atoms with Crippen LogP contribution < -0.4 is 0 Å². The first-order valence-electron chi connectivity index (χ1n) is 3.87. The van der Waals surface area contributed by atoms with Crippen molar-refractivity contribution in [2.24, 2.45) is 0 Å². The fourth-order valence-electron chi connectivity index (χ4n) is 0.598. The molecule has 0 aromatic rings. The molecular weight excluding hydrogens is 199 g/mol. The Labute approximate surface area is 79.3 Å². The second-order valence-electron chi connectivity index (χ2n) is 2.10. The SMILES string of the molecule is CCOP(OCC)C(C)C(=O)Cl. The molecule has 0 aromatic heterocycles. The molecule has 0 rings (SSSR count). The molecule has 0 aliphatic carbocycles. The normalized spacial score (nSPS) is 13.4. The number of rotatable bonds is 6. The lowest BCUT2D eigenvalue weighted by Gasteiger charge is -2.18. The summed E-state index contributed by atoms with van der Waals surface area (Å²) in [5, 5.41) is -0.400. The lowest BCUT2D eigenvalue weighted by Crippen LogP contribution is -2.12. The number of hydrogen-bond acceptors (Lipinski definition) is 3. The Balaban J connectivity index is 3.98. The van der Waals surface area contributed by atoms with Gasteiger partial charge in [0.05, 0.1) is 13.2 Å². The van der Waals surface area contributed by atoms with Crippen molar-refractivity contribution < 1.29 is 13.8 Å². The van der Waals surface area contributed by atoms with E-state index in [1.807, 2.05) is 13.8 Å². The maximum absolute atomic E-state index is 10.8. The van der Waals surface area contributed by atoms with Crippen molar-refractivity contribution in [1.82, 2.24) is 0 Å². The highest BCUT2D eigenvalue weighted by Crippen LogP contribution is 2.44. The molecule has 0 heterocycles. The summed E-state index contributed by atoms with van der Waals surface area (Å²) in [5.74, 6) is 0. The van der Waals surface area contributed by atoms with Gasteiger partial charge in [-0.3, -0.25) is 4.79 Å². The summed E-state index contributed by atoms with van der Waals surface area (Å²) in [5.41, 5.74) is -0.346. The molecule has 0 fully saturated rings. The van der Waals surface area contributed by atoms with E-state index in [9.17, 15) is 4.79 Å². The minimum absolute atomic E-state index is 0.346. The van der Waals surface area contributed by atoms with Crippen LogP contribution in [0.1, 0.15) is 20.8 Å². The topological polar surface area (TPSA) is 35.5 Å². The highest BCUT2D eigenvalue weighted by atomic mass is 35.5. The van der Waals surface area contributed by atoms with E-state index in [0.717, 1.165) is 0 Å². The van der Waals surface area contributed by atoms with Crippen molar-refractivity contribution in [2.75, 3.05) is 13.2 Å². The summed E-state index contributed by atoms with van der Waals surface area (Å²) < 4.78 is 10.5. The maximum Gasteiger partial charge on any atom is 0.233 e. The van der Waals surface area contributed by atoms with Crippen molar-refractivity contribution in [3.05, 3.63) is 0 Å². The first-order chi connectivity index (χ1) is 5.63. The molecule has 72 valence electrons. The van der Waals surface area contributed by atoms with Gasteiger partial charge in [0.1, 0.15) is 5.66 Å². The van der Waals surface area contributed by atoms with E-state index in [1.165, 1.54) is 0 Å². The van der Waals surface area contributed by atoms with Gasteiger partial charge in [-0.1, -0.05) is 0 Å². The van der Waals surface area contributed by atoms with E-state index in [2.05, 4.69) is 0 Å². The number of carbonyl (C=O) groups excluding carboxylic acids is 1. The fourth-order valence-corrected chi connectivity index (χ4v) is 2.03. The molecule has 0 amide bonds. The molecule has 1 unspecified atom stereocenters. The van der Waals surface area contributed by atoms with Gasteiger partial charge in [-0.05, 0) is 32.4 Å². The molecule has 0 aliphatic rings. The van der Waals surface area contributed by atoms with Gasteiger partial charge in [0.15, 0.2) is 8.38 Å². The summed E-state index contributed by atoms with van der Waals surface area (Å²) in [7, 11) is -1.14. The van der Waals surface area contributed by atoms with Crippen LogP contribution in [0.25, 0.3) is 0 Å². The van der Waals surface area contributed by atoms with Crippen LogP contribution in [0.5, 0.6) is 0 Å². The number of hydrogen-bond donors (Lipinski definition) is 0. The molecular formula is C7H14ClO3P. The molecule has 0 aromatic carbocycles. The first-order valence-corrected chi connectivity index (χ1v) is 5.50. The lowest BCUT2D eigenvalue weighted by atomic mass is 10.5. The predicted molar refractivity (Wildman–Crippen MR) is 50.5 cm³/mol. The van der Waals surface area contributed by atoms with Gasteiger partial charge in [0, 0.05) is 0 Å². The average Bonchev–Trinajstić information content (AvgIpc) is 2.03. The van der Waals surface area contributed by atoms with E-state index in [1.54, 1.807) is 6.92 Å².